The Morgan fingerprint density at radius 2 is 2.17 bits per heavy atom. The zero-order chi connectivity index (χ0) is 8.77. The van der Waals surface area contributed by atoms with Gasteiger partial charge in [-0.2, -0.15) is 0 Å². The number of benzene rings is 1. The molecule has 1 aromatic carbocycles. The summed E-state index contributed by atoms with van der Waals surface area (Å²) >= 11 is 2.33. The van der Waals surface area contributed by atoms with Crippen LogP contribution in [0.2, 0.25) is 0 Å². The predicted octanol–water partition coefficient (Wildman–Crippen LogP) is 3.06. The molecule has 64 valence electrons. The van der Waals surface area contributed by atoms with E-state index in [1.807, 2.05) is 0 Å². The molecule has 1 aliphatic rings. The second kappa shape index (κ2) is 2.70. The molecule has 1 aromatic rings. The van der Waals surface area contributed by atoms with E-state index in [-0.39, 0.29) is 5.60 Å². The van der Waals surface area contributed by atoms with Crippen molar-refractivity contribution in [1.82, 2.24) is 0 Å². The minimum atomic E-state index is -0.0868. The van der Waals surface area contributed by atoms with Gasteiger partial charge in [0.05, 0.1) is 12.2 Å². The summed E-state index contributed by atoms with van der Waals surface area (Å²) in [6.45, 7) is 5.00. The molecule has 12 heavy (non-hydrogen) atoms. The number of hydrogen-bond donors (Lipinski definition) is 0. The SMILES string of the molecule is CC1(C)OCc2ccc(I)cc21. The monoisotopic (exact) mass is 274 g/mol. The predicted molar refractivity (Wildman–Crippen MR) is 57.0 cm³/mol. The third-order valence-electron chi connectivity index (χ3n) is 2.31. The van der Waals surface area contributed by atoms with Crippen LogP contribution in [0.25, 0.3) is 0 Å². The Labute approximate surface area is 86.3 Å². The minimum absolute atomic E-state index is 0.0868. The molecule has 0 N–H and O–H groups in total. The van der Waals surface area contributed by atoms with E-state index in [0.717, 1.165) is 6.61 Å². The van der Waals surface area contributed by atoms with Gasteiger partial charge < -0.3 is 4.74 Å². The highest BCUT2D eigenvalue weighted by Gasteiger charge is 2.30. The van der Waals surface area contributed by atoms with Crippen molar-refractivity contribution in [2.75, 3.05) is 0 Å². The molecule has 0 aromatic heterocycles. The highest BCUT2D eigenvalue weighted by Crippen LogP contribution is 2.36. The molecule has 0 amide bonds. The third kappa shape index (κ3) is 1.27. The Balaban J connectivity index is 2.57. The number of ether oxygens (including phenoxy) is 1. The van der Waals surface area contributed by atoms with E-state index < -0.39 is 0 Å². The summed E-state index contributed by atoms with van der Waals surface area (Å²) in [7, 11) is 0. The lowest BCUT2D eigenvalue weighted by Crippen LogP contribution is -2.14. The molecule has 1 nitrogen and oxygen atoms in total. The molecule has 0 saturated carbocycles. The zero-order valence-corrected chi connectivity index (χ0v) is 9.38. The second-order valence-electron chi connectivity index (χ2n) is 3.60. The van der Waals surface area contributed by atoms with E-state index in [2.05, 4.69) is 54.6 Å². The molecule has 0 aliphatic carbocycles. The summed E-state index contributed by atoms with van der Waals surface area (Å²) < 4.78 is 6.94. The third-order valence-corrected chi connectivity index (χ3v) is 2.98. The molecule has 2 heteroatoms. The van der Waals surface area contributed by atoms with Crippen molar-refractivity contribution in [2.45, 2.75) is 26.1 Å². The van der Waals surface area contributed by atoms with Gasteiger partial charge in [0.25, 0.3) is 0 Å². The number of rotatable bonds is 0. The lowest BCUT2D eigenvalue weighted by molar-refractivity contribution is -0.00791. The fourth-order valence-corrected chi connectivity index (χ4v) is 2.06. The Hall–Kier alpha value is -0.0900. The first-order valence-electron chi connectivity index (χ1n) is 4.02. The van der Waals surface area contributed by atoms with Crippen molar-refractivity contribution in [1.29, 1.82) is 0 Å². The van der Waals surface area contributed by atoms with E-state index in [1.165, 1.54) is 14.7 Å². The second-order valence-corrected chi connectivity index (χ2v) is 4.85. The first kappa shape index (κ1) is 8.51. The van der Waals surface area contributed by atoms with E-state index >= 15 is 0 Å². The highest BCUT2D eigenvalue weighted by molar-refractivity contribution is 14.1. The summed E-state index contributed by atoms with van der Waals surface area (Å²) in [6.07, 6.45) is 0. The highest BCUT2D eigenvalue weighted by atomic mass is 127. The zero-order valence-electron chi connectivity index (χ0n) is 7.23. The van der Waals surface area contributed by atoms with Gasteiger partial charge in [0.1, 0.15) is 0 Å². The molecule has 1 heterocycles. The van der Waals surface area contributed by atoms with Crippen LogP contribution in [0.3, 0.4) is 0 Å². The standard InChI is InChI=1S/C10H11IO/c1-10(2)9-5-8(11)4-3-7(9)6-12-10/h3-5H,6H2,1-2H3. The van der Waals surface area contributed by atoms with Gasteiger partial charge in [0.2, 0.25) is 0 Å². The number of hydrogen-bond acceptors (Lipinski definition) is 1. The van der Waals surface area contributed by atoms with Gasteiger partial charge >= 0.3 is 0 Å². The number of fused-ring (bicyclic) bond motifs is 1. The van der Waals surface area contributed by atoms with Crippen molar-refractivity contribution in [3.63, 3.8) is 0 Å². The van der Waals surface area contributed by atoms with Gasteiger partial charge in [-0.05, 0) is 59.7 Å². The molecule has 0 bridgehead atoms. The first-order valence-corrected chi connectivity index (χ1v) is 5.10. The average molecular weight is 274 g/mol. The first-order chi connectivity index (χ1) is 5.59. The van der Waals surface area contributed by atoms with Crippen LogP contribution in [-0.2, 0) is 16.9 Å². The van der Waals surface area contributed by atoms with Crippen LogP contribution in [0.1, 0.15) is 25.0 Å². The van der Waals surface area contributed by atoms with E-state index in [9.17, 15) is 0 Å². The maximum atomic E-state index is 5.66. The quantitative estimate of drug-likeness (QED) is 0.661. The van der Waals surface area contributed by atoms with Crippen molar-refractivity contribution in [3.05, 3.63) is 32.9 Å². The van der Waals surface area contributed by atoms with Crippen LogP contribution in [0.4, 0.5) is 0 Å². The molecular formula is C10H11IO. The Morgan fingerprint density at radius 3 is 2.92 bits per heavy atom. The lowest BCUT2D eigenvalue weighted by Gasteiger charge is -2.18. The van der Waals surface area contributed by atoms with Crippen LogP contribution < -0.4 is 0 Å². The molecule has 0 radical (unpaired) electrons. The van der Waals surface area contributed by atoms with Gasteiger partial charge in [0.15, 0.2) is 0 Å². The van der Waals surface area contributed by atoms with Gasteiger partial charge in [-0.3, -0.25) is 0 Å². The molecule has 0 atom stereocenters. The van der Waals surface area contributed by atoms with Crippen LogP contribution in [0.15, 0.2) is 18.2 Å². The van der Waals surface area contributed by atoms with Crippen molar-refractivity contribution >= 4 is 22.6 Å². The van der Waals surface area contributed by atoms with Crippen LogP contribution in [0, 0.1) is 3.57 Å². The molecule has 2 rings (SSSR count). The summed E-state index contributed by atoms with van der Waals surface area (Å²) in [5.41, 5.74) is 2.59. The van der Waals surface area contributed by atoms with Gasteiger partial charge in [-0.15, -0.1) is 0 Å². The normalized spacial score (nSPS) is 19.2. The smallest absolute Gasteiger partial charge is 0.0883 e. The summed E-state index contributed by atoms with van der Waals surface area (Å²) in [5, 5.41) is 0. The van der Waals surface area contributed by atoms with E-state index in [0.29, 0.717) is 0 Å². The molecular weight excluding hydrogens is 263 g/mol. The largest absolute Gasteiger partial charge is 0.366 e. The molecule has 1 aliphatic heterocycles. The molecule has 0 fully saturated rings. The van der Waals surface area contributed by atoms with Crippen LogP contribution in [0.5, 0.6) is 0 Å². The van der Waals surface area contributed by atoms with Crippen molar-refractivity contribution < 1.29 is 4.74 Å². The van der Waals surface area contributed by atoms with Crippen molar-refractivity contribution in [3.8, 4) is 0 Å². The Kier molecular flexibility index (Phi) is 1.92. The summed E-state index contributed by atoms with van der Waals surface area (Å²) in [4.78, 5) is 0. The Bertz CT molecular complexity index is 318. The number of halogens is 1. The van der Waals surface area contributed by atoms with Crippen molar-refractivity contribution in [2.24, 2.45) is 0 Å². The fourth-order valence-electron chi connectivity index (χ4n) is 1.57. The molecule has 0 saturated heterocycles. The maximum Gasteiger partial charge on any atom is 0.0883 e. The summed E-state index contributed by atoms with van der Waals surface area (Å²) in [5.74, 6) is 0. The average Bonchev–Trinajstić information content (AvgIpc) is 2.28. The maximum absolute atomic E-state index is 5.66. The lowest BCUT2D eigenvalue weighted by atomic mass is 9.97. The van der Waals surface area contributed by atoms with Crippen LogP contribution in [-0.4, -0.2) is 0 Å². The molecule has 0 spiro atoms. The Morgan fingerprint density at radius 1 is 1.42 bits per heavy atom. The molecule has 0 unspecified atom stereocenters. The van der Waals surface area contributed by atoms with Gasteiger partial charge in [0, 0.05) is 3.57 Å². The van der Waals surface area contributed by atoms with Gasteiger partial charge in [-0.25, -0.2) is 0 Å². The van der Waals surface area contributed by atoms with E-state index in [4.69, 9.17) is 4.74 Å². The fraction of sp³-hybridized carbons (Fsp3) is 0.400. The van der Waals surface area contributed by atoms with Crippen LogP contribution >= 0.6 is 22.6 Å². The minimum Gasteiger partial charge on any atom is -0.366 e. The topological polar surface area (TPSA) is 9.23 Å². The summed E-state index contributed by atoms with van der Waals surface area (Å²) in [6, 6.07) is 6.50. The van der Waals surface area contributed by atoms with E-state index in [1.54, 1.807) is 0 Å². The van der Waals surface area contributed by atoms with Gasteiger partial charge in [-0.1, -0.05) is 6.07 Å².